The maximum atomic E-state index is 5.38. The Morgan fingerprint density at radius 1 is 1.62 bits per heavy atom. The van der Waals surface area contributed by atoms with E-state index in [0.29, 0.717) is 11.5 Å². The molecule has 0 atom stereocenters. The summed E-state index contributed by atoms with van der Waals surface area (Å²) in [5, 5.41) is 3.15. The van der Waals surface area contributed by atoms with Crippen LogP contribution in [0.4, 0.5) is 5.69 Å². The molecule has 0 radical (unpaired) electrons. The Kier molecular flexibility index (Phi) is 3.69. The molecule has 0 aliphatic carbocycles. The number of nitrogens with one attached hydrogen (secondary N) is 1. The molecule has 0 amide bonds. The third-order valence-electron chi connectivity index (χ3n) is 1.64. The summed E-state index contributed by atoms with van der Waals surface area (Å²) in [5.74, 6) is 0. The van der Waals surface area contributed by atoms with Crippen LogP contribution in [0.3, 0.4) is 0 Å². The molecule has 1 aromatic rings. The van der Waals surface area contributed by atoms with Crippen LogP contribution in [-0.4, -0.2) is 11.5 Å². The summed E-state index contributed by atoms with van der Waals surface area (Å²) in [4.78, 5) is 0.474. The molecule has 0 aliphatic rings. The molecule has 13 heavy (non-hydrogen) atoms. The number of halogens is 1. The van der Waals surface area contributed by atoms with Gasteiger partial charge in [-0.25, -0.2) is 0 Å². The van der Waals surface area contributed by atoms with Gasteiger partial charge in [0.05, 0.1) is 11.5 Å². The van der Waals surface area contributed by atoms with E-state index in [4.69, 9.17) is 18.0 Å². The van der Waals surface area contributed by atoms with E-state index in [-0.39, 0.29) is 0 Å². The molecule has 3 N–H and O–H groups in total. The van der Waals surface area contributed by atoms with Gasteiger partial charge < -0.3 is 11.1 Å². The molecular weight excluding hydrogens is 248 g/mol. The number of aryl methyl sites for hydroxylation is 1. The number of hydrogen-bond acceptors (Lipinski definition) is 2. The van der Waals surface area contributed by atoms with Crippen molar-refractivity contribution in [1.29, 1.82) is 0 Å². The zero-order valence-corrected chi connectivity index (χ0v) is 9.71. The van der Waals surface area contributed by atoms with E-state index in [1.54, 1.807) is 0 Å². The average molecular weight is 259 g/mol. The molecule has 0 fully saturated rings. The molecular formula is C9H11BrN2S. The van der Waals surface area contributed by atoms with Gasteiger partial charge in [0.25, 0.3) is 0 Å². The van der Waals surface area contributed by atoms with Crippen LogP contribution in [0.25, 0.3) is 0 Å². The first-order chi connectivity index (χ1) is 6.09. The van der Waals surface area contributed by atoms with Crippen LogP contribution in [0, 0.1) is 6.92 Å². The van der Waals surface area contributed by atoms with Crippen molar-refractivity contribution in [2.75, 3.05) is 11.9 Å². The number of nitrogens with two attached hydrogens (primary N) is 1. The van der Waals surface area contributed by atoms with E-state index in [1.165, 1.54) is 5.56 Å². The topological polar surface area (TPSA) is 38.0 Å². The second-order valence-electron chi connectivity index (χ2n) is 2.78. The van der Waals surface area contributed by atoms with Crippen LogP contribution in [0.15, 0.2) is 22.7 Å². The summed E-state index contributed by atoms with van der Waals surface area (Å²) in [7, 11) is 0. The van der Waals surface area contributed by atoms with Gasteiger partial charge in [0.1, 0.15) is 0 Å². The highest BCUT2D eigenvalue weighted by molar-refractivity contribution is 9.10. The third kappa shape index (κ3) is 3.32. The van der Waals surface area contributed by atoms with E-state index < -0.39 is 0 Å². The summed E-state index contributed by atoms with van der Waals surface area (Å²) in [6.45, 7) is 2.57. The Bertz CT molecular complexity index is 325. The lowest BCUT2D eigenvalue weighted by atomic mass is 10.2. The van der Waals surface area contributed by atoms with Crippen molar-refractivity contribution in [3.8, 4) is 0 Å². The van der Waals surface area contributed by atoms with Gasteiger partial charge in [0.2, 0.25) is 0 Å². The average Bonchev–Trinajstić information content (AvgIpc) is 2.02. The first kappa shape index (κ1) is 10.5. The van der Waals surface area contributed by atoms with Crippen LogP contribution >= 0.6 is 28.1 Å². The maximum absolute atomic E-state index is 5.38. The van der Waals surface area contributed by atoms with Crippen molar-refractivity contribution >= 4 is 38.8 Å². The van der Waals surface area contributed by atoms with Gasteiger partial charge in [-0.2, -0.15) is 0 Å². The zero-order valence-electron chi connectivity index (χ0n) is 7.30. The molecule has 4 heteroatoms. The van der Waals surface area contributed by atoms with Crippen LogP contribution in [-0.2, 0) is 0 Å². The Hall–Kier alpha value is -0.610. The third-order valence-corrected chi connectivity index (χ3v) is 2.28. The minimum absolute atomic E-state index is 0.474. The molecule has 0 heterocycles. The lowest BCUT2D eigenvalue weighted by molar-refractivity contribution is 1.33. The monoisotopic (exact) mass is 258 g/mol. The lowest BCUT2D eigenvalue weighted by Gasteiger charge is -2.08. The van der Waals surface area contributed by atoms with Gasteiger partial charge in [-0.1, -0.05) is 28.1 Å². The van der Waals surface area contributed by atoms with Gasteiger partial charge in [0, 0.05) is 10.2 Å². The Morgan fingerprint density at radius 2 is 2.31 bits per heavy atom. The lowest BCUT2D eigenvalue weighted by Crippen LogP contribution is -2.20. The van der Waals surface area contributed by atoms with Crippen molar-refractivity contribution in [3.05, 3.63) is 28.2 Å². The van der Waals surface area contributed by atoms with Crippen LogP contribution < -0.4 is 11.1 Å². The summed E-state index contributed by atoms with van der Waals surface area (Å²) < 4.78 is 1.07. The summed E-state index contributed by atoms with van der Waals surface area (Å²) in [5.41, 5.74) is 7.62. The number of anilines is 1. The van der Waals surface area contributed by atoms with Gasteiger partial charge in [0.15, 0.2) is 0 Å². The SMILES string of the molecule is Cc1cc(Br)ccc1NCC(N)=S. The normalized spacial score (nSPS) is 9.69. The molecule has 0 saturated carbocycles. The molecule has 0 aromatic heterocycles. The van der Waals surface area contributed by atoms with Crippen LogP contribution in [0.5, 0.6) is 0 Å². The highest BCUT2D eigenvalue weighted by Gasteiger charge is 1.97. The van der Waals surface area contributed by atoms with E-state index in [1.807, 2.05) is 25.1 Å². The molecule has 70 valence electrons. The van der Waals surface area contributed by atoms with Gasteiger partial charge >= 0.3 is 0 Å². The number of thiocarbonyl (C=S) groups is 1. The van der Waals surface area contributed by atoms with E-state index in [2.05, 4.69) is 21.2 Å². The predicted molar refractivity (Wildman–Crippen MR) is 64.2 cm³/mol. The Morgan fingerprint density at radius 3 is 2.85 bits per heavy atom. The number of rotatable bonds is 3. The zero-order chi connectivity index (χ0) is 9.84. The highest BCUT2D eigenvalue weighted by atomic mass is 79.9. The first-order valence-electron chi connectivity index (χ1n) is 3.88. The van der Waals surface area contributed by atoms with Crippen molar-refractivity contribution in [2.45, 2.75) is 6.92 Å². The van der Waals surface area contributed by atoms with Gasteiger partial charge in [-0.15, -0.1) is 0 Å². The predicted octanol–water partition coefficient (Wildman–Crippen LogP) is 2.46. The first-order valence-corrected chi connectivity index (χ1v) is 5.08. The Balaban J connectivity index is 2.72. The molecule has 0 bridgehead atoms. The van der Waals surface area contributed by atoms with Crippen LogP contribution in [0.2, 0.25) is 0 Å². The summed E-state index contributed by atoms with van der Waals surface area (Å²) >= 11 is 8.17. The van der Waals surface area contributed by atoms with Crippen molar-refractivity contribution in [3.63, 3.8) is 0 Å². The molecule has 0 saturated heterocycles. The number of hydrogen-bond donors (Lipinski definition) is 2. The van der Waals surface area contributed by atoms with Crippen molar-refractivity contribution in [1.82, 2.24) is 0 Å². The second-order valence-corrected chi connectivity index (χ2v) is 4.22. The molecule has 1 rings (SSSR count). The summed E-state index contributed by atoms with van der Waals surface area (Å²) in [6, 6.07) is 6.02. The van der Waals surface area contributed by atoms with Gasteiger partial charge in [-0.05, 0) is 30.7 Å². The molecule has 0 spiro atoms. The van der Waals surface area contributed by atoms with Crippen molar-refractivity contribution in [2.24, 2.45) is 5.73 Å². The van der Waals surface area contributed by atoms with Crippen molar-refractivity contribution < 1.29 is 0 Å². The fourth-order valence-electron chi connectivity index (χ4n) is 1.01. The molecule has 1 aromatic carbocycles. The van der Waals surface area contributed by atoms with E-state index in [9.17, 15) is 0 Å². The minimum Gasteiger partial charge on any atom is -0.392 e. The Labute approximate surface area is 91.6 Å². The quantitative estimate of drug-likeness (QED) is 0.819. The molecule has 0 unspecified atom stereocenters. The molecule has 2 nitrogen and oxygen atoms in total. The maximum Gasteiger partial charge on any atom is 0.0921 e. The highest BCUT2D eigenvalue weighted by Crippen LogP contribution is 2.19. The minimum atomic E-state index is 0.474. The largest absolute Gasteiger partial charge is 0.392 e. The van der Waals surface area contributed by atoms with E-state index in [0.717, 1.165) is 10.2 Å². The summed E-state index contributed by atoms with van der Waals surface area (Å²) in [6.07, 6.45) is 0. The second kappa shape index (κ2) is 4.58. The molecule has 0 aliphatic heterocycles. The van der Waals surface area contributed by atoms with E-state index >= 15 is 0 Å². The fraction of sp³-hybridized carbons (Fsp3) is 0.222. The number of benzene rings is 1. The van der Waals surface area contributed by atoms with Crippen LogP contribution in [0.1, 0.15) is 5.56 Å². The fourth-order valence-corrected chi connectivity index (χ4v) is 1.56. The standard InChI is InChI=1S/C9H11BrN2S/c1-6-4-7(10)2-3-8(6)12-5-9(11)13/h2-4,12H,5H2,1H3,(H2,11,13). The smallest absolute Gasteiger partial charge is 0.0921 e. The van der Waals surface area contributed by atoms with Gasteiger partial charge in [-0.3, -0.25) is 0 Å².